The summed E-state index contributed by atoms with van der Waals surface area (Å²) in [5.41, 5.74) is 0.714. The highest BCUT2D eigenvalue weighted by Crippen LogP contribution is 2.23. The number of rotatable bonds is 3. The summed E-state index contributed by atoms with van der Waals surface area (Å²) in [6.07, 6.45) is 2.78. The van der Waals surface area contributed by atoms with Gasteiger partial charge in [0, 0.05) is 26.4 Å². The number of nitrogens with zero attached hydrogens (tertiary/aromatic N) is 3. The van der Waals surface area contributed by atoms with E-state index in [0.717, 1.165) is 25.3 Å². The third-order valence-corrected chi connectivity index (χ3v) is 3.49. The summed E-state index contributed by atoms with van der Waals surface area (Å²) < 4.78 is 7.18. The van der Waals surface area contributed by atoms with E-state index in [9.17, 15) is 4.79 Å². The first-order chi connectivity index (χ1) is 9.19. The van der Waals surface area contributed by atoms with Crippen LogP contribution in [0.15, 0.2) is 24.4 Å². The van der Waals surface area contributed by atoms with Crippen molar-refractivity contribution in [2.75, 3.05) is 25.1 Å². The Kier molecular flexibility index (Phi) is 2.87. The molecule has 1 atom stereocenters. The Balaban J connectivity index is 2.01. The predicted octanol–water partition coefficient (Wildman–Crippen LogP) is 1.26. The molecule has 6 heteroatoms. The molecule has 0 saturated carbocycles. The molecule has 0 unspecified atom stereocenters. The average Bonchev–Trinajstić information content (AvgIpc) is 3.04. The molecule has 0 spiro atoms. The molecule has 6 nitrogen and oxygen atoms in total. The number of ether oxygens (including phenoxy) is 1. The van der Waals surface area contributed by atoms with Gasteiger partial charge in [0.05, 0.1) is 6.10 Å². The van der Waals surface area contributed by atoms with Crippen LogP contribution in [0.3, 0.4) is 0 Å². The van der Waals surface area contributed by atoms with Crippen LogP contribution in [-0.4, -0.2) is 46.8 Å². The standard InChI is InChI=1S/C13H15N3O3/c1-19-9-5-6-15(7-9)12-4-2-3-11-14-10(13(17)18)8-16(11)12/h2-4,8-9H,5-7H2,1H3,(H,17,18)/t9-/m0/s1. The minimum Gasteiger partial charge on any atom is -0.476 e. The lowest BCUT2D eigenvalue weighted by Gasteiger charge is -2.19. The summed E-state index contributed by atoms with van der Waals surface area (Å²) in [6, 6.07) is 5.67. The molecule has 1 N–H and O–H groups in total. The summed E-state index contributed by atoms with van der Waals surface area (Å²) in [5.74, 6) is -0.0529. The molecule has 1 aliphatic heterocycles. The van der Waals surface area contributed by atoms with Crippen molar-refractivity contribution < 1.29 is 14.6 Å². The van der Waals surface area contributed by atoms with Gasteiger partial charge in [0.2, 0.25) is 0 Å². The maximum absolute atomic E-state index is 11.0. The summed E-state index contributed by atoms with van der Waals surface area (Å²) in [6.45, 7) is 1.72. The fraction of sp³-hybridized carbons (Fsp3) is 0.385. The van der Waals surface area contributed by atoms with E-state index in [2.05, 4.69) is 9.88 Å². The molecule has 100 valence electrons. The fourth-order valence-corrected chi connectivity index (χ4v) is 2.49. The lowest BCUT2D eigenvalue weighted by Crippen LogP contribution is -2.24. The van der Waals surface area contributed by atoms with Crippen LogP contribution in [0.4, 0.5) is 5.82 Å². The number of aromatic carboxylic acids is 1. The van der Waals surface area contributed by atoms with Gasteiger partial charge in [-0.1, -0.05) is 6.07 Å². The van der Waals surface area contributed by atoms with Gasteiger partial charge in [0.25, 0.3) is 0 Å². The molecule has 3 rings (SSSR count). The number of carboxylic acids is 1. The van der Waals surface area contributed by atoms with E-state index in [1.54, 1.807) is 19.4 Å². The van der Waals surface area contributed by atoms with Crippen molar-refractivity contribution >= 4 is 17.4 Å². The number of methoxy groups -OCH3 is 1. The van der Waals surface area contributed by atoms with Gasteiger partial charge >= 0.3 is 5.97 Å². The van der Waals surface area contributed by atoms with E-state index in [1.807, 2.05) is 16.5 Å². The van der Waals surface area contributed by atoms with Crippen LogP contribution >= 0.6 is 0 Å². The van der Waals surface area contributed by atoms with Crippen molar-refractivity contribution in [2.45, 2.75) is 12.5 Å². The molecule has 0 aliphatic carbocycles. The van der Waals surface area contributed by atoms with Crippen molar-refractivity contribution in [1.29, 1.82) is 0 Å². The SMILES string of the molecule is CO[C@H]1CCN(c2cccc3nc(C(=O)O)cn23)C1. The monoisotopic (exact) mass is 261 g/mol. The lowest BCUT2D eigenvalue weighted by molar-refractivity contribution is 0.0691. The Morgan fingerprint density at radius 3 is 3.05 bits per heavy atom. The van der Waals surface area contributed by atoms with Crippen LogP contribution in [0, 0.1) is 0 Å². The topological polar surface area (TPSA) is 67.1 Å². The van der Waals surface area contributed by atoms with Crippen LogP contribution in [-0.2, 0) is 4.74 Å². The Bertz CT molecular complexity index is 623. The van der Waals surface area contributed by atoms with E-state index < -0.39 is 5.97 Å². The van der Waals surface area contributed by atoms with Crippen LogP contribution in [0.25, 0.3) is 5.65 Å². The van der Waals surface area contributed by atoms with Gasteiger partial charge in [0.1, 0.15) is 11.5 Å². The Morgan fingerprint density at radius 1 is 1.53 bits per heavy atom. The number of carboxylic acid groups (broad SMARTS) is 1. The number of pyridine rings is 1. The zero-order valence-corrected chi connectivity index (χ0v) is 10.6. The quantitative estimate of drug-likeness (QED) is 0.901. The molecular formula is C13H15N3O3. The largest absolute Gasteiger partial charge is 0.476 e. The summed E-state index contributed by atoms with van der Waals surface area (Å²) >= 11 is 0. The molecule has 0 aromatic carbocycles. The first kappa shape index (κ1) is 12.0. The van der Waals surface area contributed by atoms with Crippen molar-refractivity contribution in [2.24, 2.45) is 0 Å². The predicted molar refractivity (Wildman–Crippen MR) is 69.8 cm³/mol. The van der Waals surface area contributed by atoms with Gasteiger partial charge in [-0.2, -0.15) is 0 Å². The van der Waals surface area contributed by atoms with Gasteiger partial charge in [-0.25, -0.2) is 9.78 Å². The van der Waals surface area contributed by atoms with Crippen LogP contribution in [0.5, 0.6) is 0 Å². The summed E-state index contributed by atoms with van der Waals surface area (Å²) in [4.78, 5) is 17.3. The fourth-order valence-electron chi connectivity index (χ4n) is 2.49. The first-order valence-corrected chi connectivity index (χ1v) is 6.18. The number of imidazole rings is 1. The Hall–Kier alpha value is -2.08. The van der Waals surface area contributed by atoms with Gasteiger partial charge < -0.3 is 14.7 Å². The first-order valence-electron chi connectivity index (χ1n) is 6.18. The summed E-state index contributed by atoms with van der Waals surface area (Å²) in [5, 5.41) is 9.01. The zero-order chi connectivity index (χ0) is 13.4. The number of hydrogen-bond acceptors (Lipinski definition) is 4. The lowest BCUT2D eigenvalue weighted by atomic mass is 10.3. The van der Waals surface area contributed by atoms with E-state index >= 15 is 0 Å². The second-order valence-corrected chi connectivity index (χ2v) is 4.64. The minimum atomic E-state index is -1.01. The minimum absolute atomic E-state index is 0.0648. The van der Waals surface area contributed by atoms with Gasteiger partial charge in [-0.05, 0) is 18.6 Å². The highest BCUT2D eigenvalue weighted by molar-refractivity contribution is 5.86. The number of aromatic nitrogens is 2. The molecule has 19 heavy (non-hydrogen) atoms. The Labute approximate surface area is 110 Å². The second kappa shape index (κ2) is 4.55. The smallest absolute Gasteiger partial charge is 0.356 e. The molecule has 1 fully saturated rings. The molecule has 1 saturated heterocycles. The molecule has 0 bridgehead atoms. The highest BCUT2D eigenvalue weighted by Gasteiger charge is 2.24. The molecule has 3 heterocycles. The number of carbonyl (C=O) groups is 1. The van der Waals surface area contributed by atoms with Crippen molar-refractivity contribution in [1.82, 2.24) is 9.38 Å². The molecule has 0 amide bonds. The van der Waals surface area contributed by atoms with Crippen molar-refractivity contribution in [3.63, 3.8) is 0 Å². The van der Waals surface area contributed by atoms with E-state index in [0.29, 0.717) is 5.65 Å². The third-order valence-electron chi connectivity index (χ3n) is 3.49. The number of hydrogen-bond donors (Lipinski definition) is 1. The van der Waals surface area contributed by atoms with E-state index in [1.165, 1.54) is 0 Å². The normalized spacial score (nSPS) is 19.2. The van der Waals surface area contributed by atoms with Gasteiger partial charge in [-0.3, -0.25) is 4.40 Å². The van der Waals surface area contributed by atoms with E-state index in [4.69, 9.17) is 9.84 Å². The maximum atomic E-state index is 11.0. The highest BCUT2D eigenvalue weighted by atomic mass is 16.5. The average molecular weight is 261 g/mol. The number of anilines is 1. The third kappa shape index (κ3) is 2.04. The van der Waals surface area contributed by atoms with Crippen LogP contribution in [0.1, 0.15) is 16.9 Å². The Morgan fingerprint density at radius 2 is 2.37 bits per heavy atom. The van der Waals surface area contributed by atoms with Crippen LogP contribution in [0.2, 0.25) is 0 Å². The van der Waals surface area contributed by atoms with Crippen LogP contribution < -0.4 is 4.90 Å². The van der Waals surface area contributed by atoms with Crippen molar-refractivity contribution in [3.8, 4) is 0 Å². The second-order valence-electron chi connectivity index (χ2n) is 4.64. The molecule has 2 aromatic heterocycles. The number of fused-ring (bicyclic) bond motifs is 1. The molecule has 1 aliphatic rings. The van der Waals surface area contributed by atoms with Gasteiger partial charge in [0.15, 0.2) is 5.69 Å². The molecule has 2 aromatic rings. The maximum Gasteiger partial charge on any atom is 0.356 e. The van der Waals surface area contributed by atoms with E-state index in [-0.39, 0.29) is 11.8 Å². The molecular weight excluding hydrogens is 246 g/mol. The zero-order valence-electron chi connectivity index (χ0n) is 10.6. The van der Waals surface area contributed by atoms with Crippen molar-refractivity contribution in [3.05, 3.63) is 30.1 Å². The molecule has 0 radical (unpaired) electrons. The summed E-state index contributed by atoms with van der Waals surface area (Å²) in [7, 11) is 1.72. The van der Waals surface area contributed by atoms with Gasteiger partial charge in [-0.15, -0.1) is 0 Å².